The van der Waals surface area contributed by atoms with Gasteiger partial charge in [0.2, 0.25) is 0 Å². The Kier molecular flexibility index (Phi) is 11.2. The first-order valence-electron chi connectivity index (χ1n) is 9.85. The van der Waals surface area contributed by atoms with Crippen molar-refractivity contribution in [1.29, 1.82) is 0 Å². The fraction of sp³-hybridized carbons (Fsp3) is 0.273. The molecule has 0 radical (unpaired) electrons. The van der Waals surface area contributed by atoms with E-state index in [0.717, 1.165) is 4.90 Å². The van der Waals surface area contributed by atoms with Crippen molar-refractivity contribution in [3.8, 4) is 0 Å². The van der Waals surface area contributed by atoms with Gasteiger partial charge < -0.3 is 9.13 Å². The van der Waals surface area contributed by atoms with E-state index in [1.807, 2.05) is 30.3 Å². The lowest BCUT2D eigenvalue weighted by Gasteiger charge is -2.11. The van der Waals surface area contributed by atoms with Crippen LogP contribution in [0.3, 0.4) is 0 Å². The number of ketones is 2. The van der Waals surface area contributed by atoms with Crippen molar-refractivity contribution in [3.63, 3.8) is 0 Å². The Balaban J connectivity index is 0.000000257. The van der Waals surface area contributed by atoms with Gasteiger partial charge >= 0.3 is 0 Å². The lowest BCUT2D eigenvalue weighted by molar-refractivity contribution is -0.118. The molecule has 0 aliphatic heterocycles. The molecule has 0 fully saturated rings. The number of benzene rings is 1. The molecule has 1 aromatic carbocycles. The maximum Gasteiger partial charge on any atom is 0.288 e. The zero-order valence-corrected chi connectivity index (χ0v) is 22.2. The fourth-order valence-corrected chi connectivity index (χ4v) is 4.33. The van der Waals surface area contributed by atoms with Crippen LogP contribution in [0, 0.1) is 0 Å². The van der Waals surface area contributed by atoms with Gasteiger partial charge in [-0.2, -0.15) is 0 Å². The number of Topliss-reactive ketones (excluding diaryl/α,β-unsaturated/α-hetero) is 2. The number of carbonyl (C=O) groups is 2. The zero-order chi connectivity index (χ0) is 25.3. The number of hydrogen-bond donors (Lipinski definition) is 0. The van der Waals surface area contributed by atoms with Crippen LogP contribution in [0.25, 0.3) is 0 Å². The Hall–Kier alpha value is -2.27. The van der Waals surface area contributed by atoms with E-state index in [1.54, 1.807) is 18.0 Å². The summed E-state index contributed by atoms with van der Waals surface area (Å²) in [5, 5.41) is 0.232. The van der Waals surface area contributed by atoms with Gasteiger partial charge in [-0.3, -0.25) is 19.2 Å². The first-order chi connectivity index (χ1) is 16.1. The fourth-order valence-electron chi connectivity index (χ4n) is 2.68. The Labute approximate surface area is 218 Å². The van der Waals surface area contributed by atoms with Crippen LogP contribution in [0.4, 0.5) is 0 Å². The molecule has 8 nitrogen and oxygen atoms in total. The van der Waals surface area contributed by atoms with Crippen LogP contribution in [-0.4, -0.2) is 30.7 Å². The van der Waals surface area contributed by atoms with Crippen LogP contribution in [-0.2, 0) is 33.8 Å². The summed E-state index contributed by atoms with van der Waals surface area (Å²) in [6, 6.07) is 9.82. The highest BCUT2D eigenvalue weighted by atomic mass is 79.9. The third-order valence-electron chi connectivity index (χ3n) is 4.22. The highest BCUT2D eigenvalue weighted by Gasteiger charge is 2.11. The minimum atomic E-state index is -0.432. The van der Waals surface area contributed by atoms with Crippen molar-refractivity contribution in [2.45, 2.75) is 42.9 Å². The summed E-state index contributed by atoms with van der Waals surface area (Å²) in [5.74, 6) is 0.355. The Morgan fingerprint density at radius 2 is 1.35 bits per heavy atom. The predicted octanol–water partition coefficient (Wildman–Crippen LogP) is 4.16. The van der Waals surface area contributed by atoms with Crippen molar-refractivity contribution < 1.29 is 9.59 Å². The van der Waals surface area contributed by atoms with Crippen molar-refractivity contribution >= 4 is 62.5 Å². The Morgan fingerprint density at radius 1 is 0.882 bits per heavy atom. The lowest BCUT2D eigenvalue weighted by atomic mass is 10.4. The van der Waals surface area contributed by atoms with E-state index in [9.17, 15) is 19.2 Å². The molecule has 12 heteroatoms. The molecular weight excluding hydrogens is 567 g/mol. The molecule has 3 aromatic rings. The molecule has 0 spiro atoms. The molecule has 2 aromatic heterocycles. The average Bonchev–Trinajstić information content (AvgIpc) is 2.80. The summed E-state index contributed by atoms with van der Waals surface area (Å²) in [4.78, 5) is 54.3. The van der Waals surface area contributed by atoms with E-state index in [-0.39, 0.29) is 35.0 Å². The summed E-state index contributed by atoms with van der Waals surface area (Å²) in [6.45, 7) is 2.90. The third kappa shape index (κ3) is 8.19. The second-order valence-corrected chi connectivity index (χ2v) is 9.33. The highest BCUT2D eigenvalue weighted by molar-refractivity contribution is 9.08. The van der Waals surface area contributed by atoms with Gasteiger partial charge in [0.05, 0.1) is 24.5 Å². The molecule has 0 unspecified atom stereocenters. The van der Waals surface area contributed by atoms with Crippen molar-refractivity contribution in [3.05, 3.63) is 85.1 Å². The Bertz CT molecular complexity index is 1280. The van der Waals surface area contributed by atoms with Crippen molar-refractivity contribution in [2.24, 2.45) is 0 Å². The second kappa shape index (κ2) is 13.6. The number of carbonyl (C=O) groups excluding carboxylic acids is 2. The van der Waals surface area contributed by atoms with E-state index in [4.69, 9.17) is 23.2 Å². The van der Waals surface area contributed by atoms with Crippen molar-refractivity contribution in [2.75, 3.05) is 0 Å². The number of halogens is 3. The van der Waals surface area contributed by atoms with Gasteiger partial charge in [0.25, 0.3) is 11.1 Å². The first-order valence-corrected chi connectivity index (χ1v) is 12.7. The summed E-state index contributed by atoms with van der Waals surface area (Å²) in [6.07, 6.45) is 3.02. The quantitative estimate of drug-likeness (QED) is 0.288. The van der Waals surface area contributed by atoms with Crippen LogP contribution in [0.2, 0.25) is 10.3 Å². The van der Waals surface area contributed by atoms with Gasteiger partial charge in [0, 0.05) is 28.4 Å². The van der Waals surface area contributed by atoms with Gasteiger partial charge in [-0.05, 0) is 26.0 Å². The maximum absolute atomic E-state index is 11.9. The molecule has 3 rings (SSSR count). The summed E-state index contributed by atoms with van der Waals surface area (Å²) in [5.41, 5.74) is 0.463. The number of aromatic nitrogens is 4. The second-order valence-electron chi connectivity index (χ2n) is 7.00. The predicted molar refractivity (Wildman–Crippen MR) is 137 cm³/mol. The third-order valence-corrected chi connectivity index (χ3v) is 6.36. The van der Waals surface area contributed by atoms with Gasteiger partial charge in [0.1, 0.15) is 11.6 Å². The van der Waals surface area contributed by atoms with Gasteiger partial charge in [-0.25, -0.2) is 9.97 Å². The minimum Gasteiger partial charge on any atom is -0.300 e. The number of hydrogen-bond acceptors (Lipinski definition) is 7. The largest absolute Gasteiger partial charge is 0.300 e. The molecule has 0 saturated carbocycles. The molecule has 0 aliphatic rings. The molecule has 0 atom stereocenters. The van der Waals surface area contributed by atoms with E-state index in [1.165, 1.54) is 29.2 Å². The van der Waals surface area contributed by atoms with Crippen LogP contribution in [0.15, 0.2) is 57.2 Å². The lowest BCUT2D eigenvalue weighted by Crippen LogP contribution is -2.27. The van der Waals surface area contributed by atoms with E-state index < -0.39 is 11.1 Å². The number of rotatable bonds is 8. The average molecular weight is 588 g/mol. The highest BCUT2D eigenvalue weighted by Crippen LogP contribution is 2.21. The topological polar surface area (TPSA) is 104 Å². The molecular formula is C22H21BrCl2N4O4S. The Morgan fingerprint density at radius 3 is 1.82 bits per heavy atom. The van der Waals surface area contributed by atoms with Crippen LogP contribution in [0.5, 0.6) is 0 Å². The molecule has 0 amide bonds. The van der Waals surface area contributed by atoms with E-state index >= 15 is 0 Å². The maximum atomic E-state index is 11.9. The molecule has 0 N–H and O–H groups in total. The van der Waals surface area contributed by atoms with Gasteiger partial charge in [0.15, 0.2) is 10.3 Å². The van der Waals surface area contributed by atoms with Crippen molar-refractivity contribution in [1.82, 2.24) is 19.1 Å². The summed E-state index contributed by atoms with van der Waals surface area (Å²) < 4.78 is 2.69. The number of alkyl halides is 1. The molecule has 34 heavy (non-hydrogen) atoms. The van der Waals surface area contributed by atoms with Crippen LogP contribution < -0.4 is 11.1 Å². The van der Waals surface area contributed by atoms with E-state index in [2.05, 4.69) is 25.9 Å². The number of thioether (sulfide) groups is 1. The standard InChI is InChI=1S/C14H13ClN2O2S.C8H8BrClN2O2/c1-10(18)8-17-11(7-16-13(15)14(17)19)9-20-12-5-3-2-4-6-12;1-5(13)4-12-6(2-9)3-11-7(10)8(12)14/h2-7H,8-9H2,1H3;3H,2,4H2,1H3. The smallest absolute Gasteiger partial charge is 0.288 e. The number of nitrogens with zero attached hydrogens (tertiary/aromatic N) is 4. The molecule has 0 bridgehead atoms. The van der Waals surface area contributed by atoms with E-state index in [0.29, 0.717) is 22.5 Å². The summed E-state index contributed by atoms with van der Waals surface area (Å²) in [7, 11) is 0. The molecule has 180 valence electrons. The molecule has 0 aliphatic carbocycles. The summed E-state index contributed by atoms with van der Waals surface area (Å²) >= 11 is 16.1. The van der Waals surface area contributed by atoms with Crippen LogP contribution >= 0.6 is 50.9 Å². The monoisotopic (exact) mass is 586 g/mol. The SMILES string of the molecule is CC(=O)Cn1c(CBr)cnc(Cl)c1=O.CC(=O)Cn1c(CSc2ccccc2)cnc(Cl)c1=O. The van der Waals surface area contributed by atoms with Gasteiger partial charge in [-0.15, -0.1) is 11.8 Å². The minimum absolute atomic E-state index is 0.0196. The molecule has 0 saturated heterocycles. The van der Waals surface area contributed by atoms with Crippen LogP contribution in [0.1, 0.15) is 25.2 Å². The normalized spacial score (nSPS) is 10.4. The molecule has 2 heterocycles. The first kappa shape index (κ1) is 28.0. The zero-order valence-electron chi connectivity index (χ0n) is 18.3. The van der Waals surface area contributed by atoms with Gasteiger partial charge in [-0.1, -0.05) is 57.3 Å².